The lowest BCUT2D eigenvalue weighted by molar-refractivity contribution is -0.140. The summed E-state index contributed by atoms with van der Waals surface area (Å²) in [6, 6.07) is 14.9. The van der Waals surface area contributed by atoms with Crippen LogP contribution in [0.25, 0.3) is 0 Å². The number of carbonyl (C=O) groups excluding carboxylic acids is 2. The summed E-state index contributed by atoms with van der Waals surface area (Å²) in [5, 5.41) is 3.92. The Balaban J connectivity index is 1.76. The number of amides is 2. The molecule has 3 aromatic carbocycles. The number of hydrogen-bond donors (Lipinski definition) is 1. The first-order valence-electron chi connectivity index (χ1n) is 14.0. The summed E-state index contributed by atoms with van der Waals surface area (Å²) in [6.07, 6.45) is 4.08. The first-order chi connectivity index (χ1) is 20.4. The number of carbonyl (C=O) groups is 2. The minimum absolute atomic E-state index is 0.0223. The van der Waals surface area contributed by atoms with Crippen molar-refractivity contribution in [1.29, 1.82) is 0 Å². The molecule has 43 heavy (non-hydrogen) atoms. The van der Waals surface area contributed by atoms with Crippen molar-refractivity contribution in [1.82, 2.24) is 10.2 Å². The van der Waals surface area contributed by atoms with Crippen LogP contribution in [0.4, 0.5) is 5.69 Å². The molecule has 4 rings (SSSR count). The molecule has 0 aliphatic heterocycles. The molecular formula is C31H33Cl4N3O4S. The SMILES string of the molecule is CC[C@@H](C(=O)NC1CCCC1)N(Cc1ccc(Cl)cc1Cl)C(=O)CN(c1cccc(Cl)c1Cl)S(=O)(=O)c1ccc(C)cc1. The van der Waals surface area contributed by atoms with Gasteiger partial charge in [-0.3, -0.25) is 13.9 Å². The Kier molecular flexibility index (Phi) is 11.3. The average Bonchev–Trinajstić information content (AvgIpc) is 3.47. The van der Waals surface area contributed by atoms with Crippen LogP contribution in [0.3, 0.4) is 0 Å². The number of aryl methyl sites for hydroxylation is 1. The van der Waals surface area contributed by atoms with Crippen LogP contribution in [0.1, 0.15) is 50.2 Å². The van der Waals surface area contributed by atoms with Crippen LogP contribution in [0.15, 0.2) is 65.6 Å². The van der Waals surface area contributed by atoms with E-state index in [0.29, 0.717) is 15.6 Å². The van der Waals surface area contributed by atoms with E-state index in [0.717, 1.165) is 35.6 Å². The summed E-state index contributed by atoms with van der Waals surface area (Å²) in [6.45, 7) is 2.95. The molecule has 0 heterocycles. The van der Waals surface area contributed by atoms with Gasteiger partial charge in [-0.05, 0) is 68.1 Å². The number of nitrogens with zero attached hydrogens (tertiary/aromatic N) is 2. The predicted octanol–water partition coefficient (Wildman–Crippen LogP) is 7.67. The maximum atomic E-state index is 14.3. The van der Waals surface area contributed by atoms with E-state index in [1.807, 2.05) is 6.92 Å². The van der Waals surface area contributed by atoms with Crippen LogP contribution in [0.2, 0.25) is 20.1 Å². The lowest BCUT2D eigenvalue weighted by Gasteiger charge is -2.34. The van der Waals surface area contributed by atoms with Crippen LogP contribution in [0.5, 0.6) is 0 Å². The van der Waals surface area contributed by atoms with Crippen molar-refractivity contribution in [2.45, 2.75) is 69.5 Å². The molecule has 3 aromatic rings. The van der Waals surface area contributed by atoms with E-state index in [1.54, 1.807) is 43.3 Å². The van der Waals surface area contributed by atoms with Crippen molar-refractivity contribution in [2.75, 3.05) is 10.8 Å². The number of rotatable bonds is 11. The second-order valence-electron chi connectivity index (χ2n) is 10.6. The smallest absolute Gasteiger partial charge is 0.264 e. The second kappa shape index (κ2) is 14.5. The lowest BCUT2D eigenvalue weighted by Crippen LogP contribution is -2.53. The first-order valence-corrected chi connectivity index (χ1v) is 16.9. The maximum absolute atomic E-state index is 14.3. The molecule has 230 valence electrons. The topological polar surface area (TPSA) is 86.8 Å². The van der Waals surface area contributed by atoms with Gasteiger partial charge in [-0.25, -0.2) is 8.42 Å². The van der Waals surface area contributed by atoms with Gasteiger partial charge in [-0.15, -0.1) is 0 Å². The predicted molar refractivity (Wildman–Crippen MR) is 174 cm³/mol. The standard InChI is InChI=1S/C31H33Cl4N3O4S/c1-3-27(31(40)36-23-7-4-5-8-23)37(18-21-13-14-22(32)17-26(21)34)29(39)19-38(28-10-6-9-25(33)30(28)35)43(41,42)24-15-11-20(2)12-16-24/h6,9-17,23,27H,3-5,7-8,18-19H2,1-2H3,(H,36,40)/t27-/m0/s1. The monoisotopic (exact) mass is 683 g/mol. The minimum atomic E-state index is -4.30. The zero-order valence-corrected chi connectivity index (χ0v) is 27.7. The largest absolute Gasteiger partial charge is 0.352 e. The first kappa shape index (κ1) is 33.4. The Morgan fingerprint density at radius 2 is 1.63 bits per heavy atom. The Labute approximate surface area is 273 Å². The van der Waals surface area contributed by atoms with Crippen LogP contribution in [-0.2, 0) is 26.2 Å². The highest BCUT2D eigenvalue weighted by molar-refractivity contribution is 7.92. The number of sulfonamides is 1. The molecule has 1 aliphatic rings. The fraction of sp³-hybridized carbons (Fsp3) is 0.355. The van der Waals surface area contributed by atoms with Crippen molar-refractivity contribution in [2.24, 2.45) is 0 Å². The van der Waals surface area contributed by atoms with E-state index in [9.17, 15) is 18.0 Å². The van der Waals surface area contributed by atoms with E-state index in [-0.39, 0.29) is 45.5 Å². The molecule has 0 bridgehead atoms. The quantitative estimate of drug-likeness (QED) is 0.225. The molecule has 0 aromatic heterocycles. The van der Waals surface area contributed by atoms with E-state index in [4.69, 9.17) is 46.4 Å². The fourth-order valence-electron chi connectivity index (χ4n) is 5.16. The molecule has 7 nitrogen and oxygen atoms in total. The molecule has 0 unspecified atom stereocenters. The van der Waals surface area contributed by atoms with E-state index in [1.165, 1.54) is 29.2 Å². The van der Waals surface area contributed by atoms with E-state index >= 15 is 0 Å². The van der Waals surface area contributed by atoms with Gasteiger partial charge in [-0.1, -0.05) is 96.0 Å². The van der Waals surface area contributed by atoms with Gasteiger partial charge in [0.2, 0.25) is 11.8 Å². The summed E-state index contributed by atoms with van der Waals surface area (Å²) in [5.74, 6) is -0.923. The van der Waals surface area contributed by atoms with Crippen molar-refractivity contribution < 1.29 is 18.0 Å². The highest BCUT2D eigenvalue weighted by atomic mass is 35.5. The normalized spacial score (nSPS) is 14.4. The van der Waals surface area contributed by atoms with Crippen molar-refractivity contribution in [3.63, 3.8) is 0 Å². The van der Waals surface area contributed by atoms with Crippen molar-refractivity contribution >= 4 is 73.9 Å². The van der Waals surface area contributed by atoms with Crippen LogP contribution >= 0.6 is 46.4 Å². The Bertz CT molecular complexity index is 1580. The van der Waals surface area contributed by atoms with Gasteiger partial charge < -0.3 is 10.2 Å². The van der Waals surface area contributed by atoms with E-state index in [2.05, 4.69) is 5.32 Å². The third-order valence-electron chi connectivity index (χ3n) is 7.53. The zero-order valence-electron chi connectivity index (χ0n) is 23.8. The summed E-state index contributed by atoms with van der Waals surface area (Å²) < 4.78 is 29.1. The third kappa shape index (κ3) is 7.97. The molecule has 0 radical (unpaired) electrons. The molecule has 2 amide bonds. The average molecular weight is 686 g/mol. The highest BCUT2D eigenvalue weighted by Crippen LogP contribution is 2.36. The highest BCUT2D eigenvalue weighted by Gasteiger charge is 2.35. The lowest BCUT2D eigenvalue weighted by atomic mass is 10.1. The zero-order chi connectivity index (χ0) is 31.3. The fourth-order valence-corrected chi connectivity index (χ4v) is 7.50. The van der Waals surface area contributed by atoms with Crippen molar-refractivity contribution in [3.8, 4) is 0 Å². The molecule has 0 saturated heterocycles. The van der Waals surface area contributed by atoms with Gasteiger partial charge in [0.25, 0.3) is 10.0 Å². The van der Waals surface area contributed by atoms with Gasteiger partial charge >= 0.3 is 0 Å². The third-order valence-corrected chi connectivity index (χ3v) is 10.7. The maximum Gasteiger partial charge on any atom is 0.264 e. The van der Waals surface area contributed by atoms with E-state index < -0.39 is 28.5 Å². The summed E-state index contributed by atoms with van der Waals surface area (Å²) in [5.41, 5.74) is 1.46. The summed E-state index contributed by atoms with van der Waals surface area (Å²) in [7, 11) is -4.30. The number of nitrogens with one attached hydrogen (secondary N) is 1. The van der Waals surface area contributed by atoms with Gasteiger partial charge in [0.1, 0.15) is 12.6 Å². The molecule has 1 saturated carbocycles. The van der Waals surface area contributed by atoms with Gasteiger partial charge in [0, 0.05) is 22.6 Å². The molecule has 0 spiro atoms. The molecule has 1 N–H and O–H groups in total. The Morgan fingerprint density at radius 1 is 0.953 bits per heavy atom. The van der Waals surface area contributed by atoms with Gasteiger partial charge in [0.15, 0.2) is 0 Å². The summed E-state index contributed by atoms with van der Waals surface area (Å²) in [4.78, 5) is 29.2. The van der Waals surface area contributed by atoms with Crippen LogP contribution in [-0.4, -0.2) is 43.8 Å². The van der Waals surface area contributed by atoms with Crippen LogP contribution < -0.4 is 9.62 Å². The molecule has 12 heteroatoms. The minimum Gasteiger partial charge on any atom is -0.352 e. The molecular weight excluding hydrogens is 652 g/mol. The van der Waals surface area contributed by atoms with Gasteiger partial charge in [-0.2, -0.15) is 0 Å². The van der Waals surface area contributed by atoms with Crippen molar-refractivity contribution in [3.05, 3.63) is 91.9 Å². The number of halogens is 4. The molecule has 1 aliphatic carbocycles. The van der Waals surface area contributed by atoms with Crippen LogP contribution in [0, 0.1) is 6.92 Å². The number of benzene rings is 3. The molecule has 1 atom stereocenters. The molecule has 1 fully saturated rings. The second-order valence-corrected chi connectivity index (χ2v) is 14.1. The summed E-state index contributed by atoms with van der Waals surface area (Å²) >= 11 is 25.4. The number of anilines is 1. The Morgan fingerprint density at radius 3 is 2.26 bits per heavy atom. The van der Waals surface area contributed by atoms with Gasteiger partial charge in [0.05, 0.1) is 20.6 Å². The number of hydrogen-bond acceptors (Lipinski definition) is 4. The Hall–Kier alpha value is -2.49.